The lowest BCUT2D eigenvalue weighted by Gasteiger charge is -2.16. The lowest BCUT2D eigenvalue weighted by Crippen LogP contribution is -2.88. The van der Waals surface area contributed by atoms with Gasteiger partial charge in [-0.15, -0.1) is 0 Å². The van der Waals surface area contributed by atoms with Crippen LogP contribution in [0.15, 0.2) is 54.6 Å². The number of aryl methyl sites for hydroxylation is 1. The second-order valence-corrected chi connectivity index (χ2v) is 5.37. The Morgan fingerprint density at radius 3 is 2.22 bits per heavy atom. The lowest BCUT2D eigenvalue weighted by molar-refractivity contribution is -0.676. The highest BCUT2D eigenvalue weighted by atomic mass is 16.2. The van der Waals surface area contributed by atoms with E-state index in [2.05, 4.69) is 34.9 Å². The predicted molar refractivity (Wildman–Crippen MR) is 88.9 cm³/mol. The average Bonchev–Trinajstić information content (AvgIpc) is 2.57. The maximum absolute atomic E-state index is 11.8. The fraction of sp³-hybridized carbons (Fsp3) is 0.222. The highest BCUT2D eigenvalue weighted by Gasteiger charge is 2.19. The fourth-order valence-electron chi connectivity index (χ4n) is 2.36. The zero-order valence-corrected chi connectivity index (χ0v) is 13.4. The number of quaternary nitrogens is 1. The number of hydrogen-bond acceptors (Lipinski definition) is 2. The molecule has 120 valence electrons. The van der Waals surface area contributed by atoms with E-state index < -0.39 is 6.03 Å². The van der Waals surface area contributed by atoms with Crippen molar-refractivity contribution in [1.29, 1.82) is 0 Å². The van der Waals surface area contributed by atoms with E-state index in [1.54, 1.807) is 0 Å². The Hall–Kier alpha value is -2.66. The van der Waals surface area contributed by atoms with Gasteiger partial charge in [-0.2, -0.15) is 0 Å². The van der Waals surface area contributed by atoms with Gasteiger partial charge < -0.3 is 10.6 Å². The Morgan fingerprint density at radius 2 is 1.61 bits per heavy atom. The molecule has 0 heterocycles. The van der Waals surface area contributed by atoms with Crippen LogP contribution in [0.2, 0.25) is 0 Å². The third kappa shape index (κ3) is 4.93. The van der Waals surface area contributed by atoms with Crippen molar-refractivity contribution in [2.45, 2.75) is 13.0 Å². The number of benzene rings is 2. The standard InChI is InChI=1S/C18H21N3O2/c1-13-8-10-15(11-9-13)17(14-6-4-3-5-7-14)20-12-16(22)21-18(23)19-2/h3-11,17,20H,12H2,1-2H3,(H2,19,21,22,23)/p+1/t17-/m1/s1. The molecule has 0 aliphatic carbocycles. The van der Waals surface area contributed by atoms with E-state index in [1.165, 1.54) is 12.6 Å². The molecule has 0 saturated carbocycles. The van der Waals surface area contributed by atoms with Gasteiger partial charge in [-0.25, -0.2) is 4.79 Å². The molecule has 23 heavy (non-hydrogen) atoms. The van der Waals surface area contributed by atoms with E-state index in [-0.39, 0.29) is 18.5 Å². The van der Waals surface area contributed by atoms with E-state index in [0.29, 0.717) is 0 Å². The minimum absolute atomic E-state index is 0.00670. The summed E-state index contributed by atoms with van der Waals surface area (Å²) in [5, 5.41) is 6.57. The number of nitrogens with two attached hydrogens (primary N) is 1. The highest BCUT2D eigenvalue weighted by molar-refractivity contribution is 5.94. The molecule has 4 N–H and O–H groups in total. The van der Waals surface area contributed by atoms with E-state index in [1.807, 2.05) is 42.6 Å². The van der Waals surface area contributed by atoms with Crippen LogP contribution in [-0.4, -0.2) is 25.5 Å². The summed E-state index contributed by atoms with van der Waals surface area (Å²) in [4.78, 5) is 23.0. The van der Waals surface area contributed by atoms with Gasteiger partial charge in [0.05, 0.1) is 0 Å². The number of rotatable bonds is 5. The number of hydrogen-bond donors (Lipinski definition) is 3. The van der Waals surface area contributed by atoms with Crippen LogP contribution in [0.1, 0.15) is 22.7 Å². The maximum Gasteiger partial charge on any atom is 0.321 e. The number of amides is 3. The van der Waals surface area contributed by atoms with Crippen LogP contribution in [0.3, 0.4) is 0 Å². The van der Waals surface area contributed by atoms with Crippen LogP contribution in [0.25, 0.3) is 0 Å². The minimum Gasteiger partial charge on any atom is -0.341 e. The molecule has 0 bridgehead atoms. The molecule has 0 saturated heterocycles. The smallest absolute Gasteiger partial charge is 0.321 e. The SMILES string of the molecule is CNC(=O)NC(=O)C[NH2+][C@H](c1ccccc1)c1ccc(C)cc1. The number of imide groups is 1. The molecule has 2 aromatic carbocycles. The largest absolute Gasteiger partial charge is 0.341 e. The van der Waals surface area contributed by atoms with Gasteiger partial charge in [0.25, 0.3) is 5.91 Å². The molecule has 0 aliphatic heterocycles. The first kappa shape index (κ1) is 16.7. The second kappa shape index (κ2) is 8.10. The Balaban J connectivity index is 2.13. The lowest BCUT2D eigenvalue weighted by atomic mass is 9.98. The van der Waals surface area contributed by atoms with Crippen molar-refractivity contribution < 1.29 is 14.9 Å². The van der Waals surface area contributed by atoms with Crippen molar-refractivity contribution in [3.8, 4) is 0 Å². The molecule has 2 rings (SSSR count). The Morgan fingerprint density at radius 1 is 1.00 bits per heavy atom. The van der Waals surface area contributed by atoms with E-state index in [4.69, 9.17) is 0 Å². The van der Waals surface area contributed by atoms with Crippen molar-refractivity contribution in [2.75, 3.05) is 13.6 Å². The third-order valence-corrected chi connectivity index (χ3v) is 3.61. The van der Waals surface area contributed by atoms with Crippen molar-refractivity contribution in [3.05, 3.63) is 71.3 Å². The van der Waals surface area contributed by atoms with E-state index >= 15 is 0 Å². The van der Waals surface area contributed by atoms with Gasteiger partial charge >= 0.3 is 6.03 Å². The summed E-state index contributed by atoms with van der Waals surface area (Å²) in [5.41, 5.74) is 3.43. The molecular formula is C18H22N3O2+. The summed E-state index contributed by atoms with van der Waals surface area (Å²) in [6, 6.07) is 17.8. The molecular weight excluding hydrogens is 290 g/mol. The first-order valence-corrected chi connectivity index (χ1v) is 7.56. The molecule has 1 atom stereocenters. The Bertz CT molecular complexity index is 654. The zero-order chi connectivity index (χ0) is 16.7. The van der Waals surface area contributed by atoms with Gasteiger partial charge in [0.15, 0.2) is 6.54 Å². The van der Waals surface area contributed by atoms with Gasteiger partial charge in [-0.05, 0) is 6.92 Å². The quantitative estimate of drug-likeness (QED) is 0.773. The fourth-order valence-corrected chi connectivity index (χ4v) is 2.36. The Kier molecular flexibility index (Phi) is 5.88. The van der Waals surface area contributed by atoms with Crippen LogP contribution in [-0.2, 0) is 4.79 Å². The molecule has 0 spiro atoms. The summed E-state index contributed by atoms with van der Waals surface area (Å²) in [5.74, 6) is -0.322. The van der Waals surface area contributed by atoms with Crippen molar-refractivity contribution >= 4 is 11.9 Å². The molecule has 0 radical (unpaired) electrons. The molecule has 3 amide bonds. The second-order valence-electron chi connectivity index (χ2n) is 5.37. The first-order chi connectivity index (χ1) is 11.1. The van der Waals surface area contributed by atoms with Gasteiger partial charge in [0.2, 0.25) is 0 Å². The molecule has 0 aromatic heterocycles. The normalized spacial score (nSPS) is 11.6. The van der Waals surface area contributed by atoms with Gasteiger partial charge in [0.1, 0.15) is 6.04 Å². The number of urea groups is 1. The highest BCUT2D eigenvalue weighted by Crippen LogP contribution is 2.18. The van der Waals surface area contributed by atoms with Crippen LogP contribution in [0, 0.1) is 6.92 Å². The van der Waals surface area contributed by atoms with Crippen molar-refractivity contribution in [2.24, 2.45) is 0 Å². The van der Waals surface area contributed by atoms with Crippen LogP contribution in [0.4, 0.5) is 4.79 Å². The van der Waals surface area contributed by atoms with Crippen LogP contribution < -0.4 is 16.0 Å². The molecule has 0 unspecified atom stereocenters. The number of carbonyl (C=O) groups is 2. The summed E-state index contributed by atoms with van der Waals surface area (Å²) < 4.78 is 0. The molecule has 5 nitrogen and oxygen atoms in total. The molecule has 0 aliphatic rings. The number of nitrogens with one attached hydrogen (secondary N) is 2. The van der Waals surface area contributed by atoms with Crippen molar-refractivity contribution in [3.63, 3.8) is 0 Å². The zero-order valence-electron chi connectivity index (χ0n) is 13.4. The summed E-state index contributed by atoms with van der Waals surface area (Å²) in [6.07, 6.45) is 0. The third-order valence-electron chi connectivity index (χ3n) is 3.61. The predicted octanol–water partition coefficient (Wildman–Crippen LogP) is 1.10. The first-order valence-electron chi connectivity index (χ1n) is 7.56. The van der Waals surface area contributed by atoms with Gasteiger partial charge in [-0.3, -0.25) is 10.1 Å². The molecule has 2 aromatic rings. The summed E-state index contributed by atoms with van der Waals surface area (Å²) in [6.45, 7) is 2.21. The van der Waals surface area contributed by atoms with E-state index in [9.17, 15) is 9.59 Å². The minimum atomic E-state index is -0.491. The molecule has 5 heteroatoms. The van der Waals surface area contributed by atoms with Crippen LogP contribution in [0.5, 0.6) is 0 Å². The van der Waals surface area contributed by atoms with Crippen molar-refractivity contribution in [1.82, 2.24) is 10.6 Å². The average molecular weight is 312 g/mol. The van der Waals surface area contributed by atoms with Crippen LogP contribution >= 0.6 is 0 Å². The van der Waals surface area contributed by atoms with Gasteiger partial charge in [0, 0.05) is 18.2 Å². The summed E-state index contributed by atoms with van der Waals surface area (Å²) >= 11 is 0. The van der Waals surface area contributed by atoms with E-state index in [0.717, 1.165) is 11.1 Å². The summed E-state index contributed by atoms with van der Waals surface area (Å²) in [7, 11) is 1.48. The topological polar surface area (TPSA) is 74.8 Å². The van der Waals surface area contributed by atoms with Gasteiger partial charge in [-0.1, -0.05) is 60.2 Å². The Labute approximate surface area is 136 Å². The maximum atomic E-state index is 11.8. The molecule has 0 fully saturated rings. The monoisotopic (exact) mass is 312 g/mol. The number of carbonyl (C=O) groups excluding carboxylic acids is 2.